The standard InChI is InChI=1S/C14H10BrIO/c15-12-8-17-14(13(12)16)11-6-5-9-3-1-2-4-10(9)7-11/h1-7,14H,8H2. The molecule has 2 aromatic carbocycles. The van der Waals surface area contributed by atoms with Gasteiger partial charge in [0.1, 0.15) is 6.10 Å². The van der Waals surface area contributed by atoms with Gasteiger partial charge in [0, 0.05) is 8.06 Å². The van der Waals surface area contributed by atoms with Gasteiger partial charge in [0.2, 0.25) is 0 Å². The molecule has 0 aliphatic carbocycles. The fraction of sp³-hybridized carbons (Fsp3) is 0.143. The zero-order chi connectivity index (χ0) is 11.8. The van der Waals surface area contributed by atoms with E-state index in [1.54, 1.807) is 0 Å². The van der Waals surface area contributed by atoms with Crippen LogP contribution < -0.4 is 0 Å². The Morgan fingerprint density at radius 2 is 1.88 bits per heavy atom. The maximum atomic E-state index is 5.78. The van der Waals surface area contributed by atoms with Crippen LogP contribution in [0.15, 0.2) is 50.5 Å². The fourth-order valence-electron chi connectivity index (χ4n) is 2.05. The maximum Gasteiger partial charge on any atom is 0.115 e. The number of benzene rings is 2. The summed E-state index contributed by atoms with van der Waals surface area (Å²) < 4.78 is 8.20. The Morgan fingerprint density at radius 1 is 1.12 bits per heavy atom. The van der Waals surface area contributed by atoms with Crippen molar-refractivity contribution in [3.63, 3.8) is 0 Å². The summed E-state index contributed by atoms with van der Waals surface area (Å²) in [4.78, 5) is 0. The summed E-state index contributed by atoms with van der Waals surface area (Å²) in [5.74, 6) is 0. The molecule has 0 N–H and O–H groups in total. The number of halogens is 2. The lowest BCUT2D eigenvalue weighted by Crippen LogP contribution is -1.97. The summed E-state index contributed by atoms with van der Waals surface area (Å²) in [7, 11) is 0. The largest absolute Gasteiger partial charge is 0.363 e. The van der Waals surface area contributed by atoms with Gasteiger partial charge in [-0.05, 0) is 45.0 Å². The molecule has 2 aromatic rings. The first kappa shape index (κ1) is 11.7. The topological polar surface area (TPSA) is 9.23 Å². The van der Waals surface area contributed by atoms with E-state index in [4.69, 9.17) is 4.74 Å². The maximum absolute atomic E-state index is 5.78. The summed E-state index contributed by atoms with van der Waals surface area (Å²) in [6, 6.07) is 14.9. The second kappa shape index (κ2) is 4.71. The van der Waals surface area contributed by atoms with E-state index >= 15 is 0 Å². The predicted molar refractivity (Wildman–Crippen MR) is 82.6 cm³/mol. The highest BCUT2D eigenvalue weighted by atomic mass is 127. The first-order valence-corrected chi connectivity index (χ1v) is 7.27. The van der Waals surface area contributed by atoms with Gasteiger partial charge in [-0.3, -0.25) is 0 Å². The van der Waals surface area contributed by atoms with Crippen LogP contribution in [0.5, 0.6) is 0 Å². The van der Waals surface area contributed by atoms with E-state index in [1.165, 1.54) is 19.9 Å². The lowest BCUT2D eigenvalue weighted by molar-refractivity contribution is 0.128. The first-order valence-electron chi connectivity index (χ1n) is 5.40. The first-order chi connectivity index (χ1) is 8.25. The molecule has 0 amide bonds. The smallest absolute Gasteiger partial charge is 0.115 e. The van der Waals surface area contributed by atoms with Crippen molar-refractivity contribution in [1.29, 1.82) is 0 Å². The third-order valence-corrected chi connectivity index (χ3v) is 5.56. The second-order valence-corrected chi connectivity index (χ2v) is 6.17. The van der Waals surface area contributed by atoms with Crippen molar-refractivity contribution in [3.05, 3.63) is 56.1 Å². The minimum Gasteiger partial charge on any atom is -0.363 e. The molecule has 1 atom stereocenters. The van der Waals surface area contributed by atoms with E-state index in [9.17, 15) is 0 Å². The van der Waals surface area contributed by atoms with Crippen LogP contribution in [0.2, 0.25) is 0 Å². The van der Waals surface area contributed by atoms with Crippen LogP contribution in [0.4, 0.5) is 0 Å². The highest BCUT2D eigenvalue weighted by Crippen LogP contribution is 2.41. The molecule has 1 heterocycles. The van der Waals surface area contributed by atoms with Gasteiger partial charge in [-0.25, -0.2) is 0 Å². The number of hydrogen-bond donors (Lipinski definition) is 0. The van der Waals surface area contributed by atoms with Crippen LogP contribution in [-0.2, 0) is 4.74 Å². The summed E-state index contributed by atoms with van der Waals surface area (Å²) in [5, 5.41) is 2.54. The van der Waals surface area contributed by atoms with Gasteiger partial charge in [-0.1, -0.05) is 52.3 Å². The van der Waals surface area contributed by atoms with Gasteiger partial charge >= 0.3 is 0 Å². The molecule has 86 valence electrons. The molecular formula is C14H10BrIO. The van der Waals surface area contributed by atoms with E-state index < -0.39 is 0 Å². The third kappa shape index (κ3) is 2.16. The molecule has 0 spiro atoms. The normalized spacial score (nSPS) is 20.2. The zero-order valence-electron chi connectivity index (χ0n) is 8.99. The van der Waals surface area contributed by atoms with E-state index in [0.29, 0.717) is 6.61 Å². The highest BCUT2D eigenvalue weighted by molar-refractivity contribution is 14.1. The molecule has 0 radical (unpaired) electrons. The van der Waals surface area contributed by atoms with Crippen LogP contribution in [0, 0.1) is 0 Å². The summed E-state index contributed by atoms with van der Waals surface area (Å²) in [6.45, 7) is 0.676. The van der Waals surface area contributed by atoms with Crippen LogP contribution in [0.1, 0.15) is 11.7 Å². The summed E-state index contributed by atoms with van der Waals surface area (Å²) in [6.07, 6.45) is 0.0922. The molecule has 0 bridgehead atoms. The molecule has 1 aliphatic rings. The van der Waals surface area contributed by atoms with E-state index in [-0.39, 0.29) is 6.10 Å². The second-order valence-electron chi connectivity index (χ2n) is 4.05. The Labute approximate surface area is 122 Å². The Morgan fingerprint density at radius 3 is 2.59 bits per heavy atom. The lowest BCUT2D eigenvalue weighted by Gasteiger charge is -2.12. The molecule has 3 heteroatoms. The van der Waals surface area contributed by atoms with Crippen molar-refractivity contribution >= 4 is 49.3 Å². The molecule has 0 saturated heterocycles. The summed E-state index contributed by atoms with van der Waals surface area (Å²) >= 11 is 5.89. The fourth-order valence-corrected chi connectivity index (χ4v) is 3.09. The van der Waals surface area contributed by atoms with Crippen LogP contribution in [-0.4, -0.2) is 6.61 Å². The lowest BCUT2D eigenvalue weighted by atomic mass is 10.0. The van der Waals surface area contributed by atoms with E-state index in [2.05, 4.69) is 81.0 Å². The zero-order valence-corrected chi connectivity index (χ0v) is 12.7. The Balaban J connectivity index is 2.07. The highest BCUT2D eigenvalue weighted by Gasteiger charge is 2.24. The number of ether oxygens (including phenoxy) is 1. The van der Waals surface area contributed by atoms with Gasteiger partial charge in [0.05, 0.1) is 6.61 Å². The Kier molecular flexibility index (Phi) is 3.23. The van der Waals surface area contributed by atoms with Crippen molar-refractivity contribution in [1.82, 2.24) is 0 Å². The monoisotopic (exact) mass is 400 g/mol. The van der Waals surface area contributed by atoms with Gasteiger partial charge in [0.25, 0.3) is 0 Å². The SMILES string of the molecule is BrC1=C(I)C(c2ccc3ccccc3c2)OC1. The number of fused-ring (bicyclic) bond motifs is 1. The number of hydrogen-bond acceptors (Lipinski definition) is 1. The predicted octanol–water partition coefficient (Wildman–Crippen LogP) is 4.95. The average molecular weight is 401 g/mol. The van der Waals surface area contributed by atoms with Crippen LogP contribution in [0.3, 0.4) is 0 Å². The molecule has 0 aromatic heterocycles. The van der Waals surface area contributed by atoms with Crippen molar-refractivity contribution in [2.75, 3.05) is 6.61 Å². The Hall–Kier alpha value is -0.390. The molecule has 1 aliphatic heterocycles. The van der Waals surface area contributed by atoms with Crippen LogP contribution in [0.25, 0.3) is 10.8 Å². The minimum atomic E-state index is 0.0922. The average Bonchev–Trinajstić information content (AvgIpc) is 2.70. The van der Waals surface area contributed by atoms with Gasteiger partial charge < -0.3 is 4.74 Å². The Bertz CT molecular complexity index is 606. The van der Waals surface area contributed by atoms with Crippen molar-refractivity contribution in [2.24, 2.45) is 0 Å². The van der Waals surface area contributed by atoms with Crippen molar-refractivity contribution in [2.45, 2.75) is 6.10 Å². The molecule has 1 nitrogen and oxygen atoms in total. The molecule has 17 heavy (non-hydrogen) atoms. The molecule has 3 rings (SSSR count). The molecule has 0 saturated carbocycles. The van der Waals surface area contributed by atoms with Gasteiger partial charge in [0.15, 0.2) is 0 Å². The van der Waals surface area contributed by atoms with Crippen molar-refractivity contribution in [3.8, 4) is 0 Å². The van der Waals surface area contributed by atoms with Crippen molar-refractivity contribution < 1.29 is 4.74 Å². The third-order valence-electron chi connectivity index (χ3n) is 2.94. The van der Waals surface area contributed by atoms with Crippen LogP contribution >= 0.6 is 38.5 Å². The molecular weight excluding hydrogens is 391 g/mol. The number of rotatable bonds is 1. The van der Waals surface area contributed by atoms with Gasteiger partial charge in [-0.2, -0.15) is 0 Å². The quantitative estimate of drug-likeness (QED) is 0.615. The van der Waals surface area contributed by atoms with Gasteiger partial charge in [-0.15, -0.1) is 0 Å². The molecule has 1 unspecified atom stereocenters. The minimum absolute atomic E-state index is 0.0922. The molecule has 0 fully saturated rings. The van der Waals surface area contributed by atoms with E-state index in [1.807, 2.05) is 0 Å². The summed E-state index contributed by atoms with van der Waals surface area (Å²) in [5.41, 5.74) is 1.22. The van der Waals surface area contributed by atoms with E-state index in [0.717, 1.165) is 4.48 Å².